The van der Waals surface area contributed by atoms with Gasteiger partial charge in [-0.1, -0.05) is 44.2 Å². The summed E-state index contributed by atoms with van der Waals surface area (Å²) in [4.78, 5) is 0. The van der Waals surface area contributed by atoms with E-state index in [4.69, 9.17) is 13.9 Å². The van der Waals surface area contributed by atoms with Gasteiger partial charge in [0.05, 0.1) is 12.3 Å². The lowest BCUT2D eigenvalue weighted by Gasteiger charge is -2.27. The molecule has 29 heavy (non-hydrogen) atoms. The van der Waals surface area contributed by atoms with Crippen LogP contribution in [0.25, 0.3) is 0 Å². The van der Waals surface area contributed by atoms with E-state index in [1.807, 2.05) is 43.3 Å². The van der Waals surface area contributed by atoms with E-state index in [1.54, 1.807) is 11.9 Å². The van der Waals surface area contributed by atoms with Crippen molar-refractivity contribution in [2.24, 2.45) is 5.92 Å². The zero-order valence-electron chi connectivity index (χ0n) is 17.2. The molecule has 0 fully saturated rings. The second-order valence-corrected chi connectivity index (χ2v) is 8.74. The zero-order chi connectivity index (χ0) is 20.2. The minimum Gasteiger partial charge on any atom is -0.493 e. The van der Waals surface area contributed by atoms with Gasteiger partial charge in [0.1, 0.15) is 23.9 Å². The van der Waals surface area contributed by atoms with Crippen molar-refractivity contribution >= 4 is 17.6 Å². The highest BCUT2D eigenvalue weighted by atomic mass is 32.2. The van der Waals surface area contributed by atoms with Gasteiger partial charge < -0.3 is 18.2 Å². The van der Waals surface area contributed by atoms with Crippen molar-refractivity contribution in [1.82, 2.24) is 0 Å². The molecule has 0 unspecified atom stereocenters. The molecule has 4 nitrogen and oxygen atoms in total. The summed E-state index contributed by atoms with van der Waals surface area (Å²) in [6.45, 7) is 8.55. The average Bonchev–Trinajstić information content (AvgIpc) is 3.33. The summed E-state index contributed by atoms with van der Waals surface area (Å²) < 4.78 is 20.2. The zero-order valence-corrected chi connectivity index (χ0v) is 18.0. The standard InChI is InChI=1S/C24H27NO3S/c1-17(2)15-25(29-24-10-9-18(3)28-24)21-13-20-11-12-26-22(20)14-23(21)27-16-19-7-5-4-6-8-19/h4-10,13-14,17H,11-12,15-16H2,1-3H3. The Morgan fingerprint density at radius 2 is 1.93 bits per heavy atom. The monoisotopic (exact) mass is 409 g/mol. The molecule has 0 atom stereocenters. The van der Waals surface area contributed by atoms with Gasteiger partial charge >= 0.3 is 0 Å². The van der Waals surface area contributed by atoms with Crippen molar-refractivity contribution in [2.45, 2.75) is 38.9 Å². The van der Waals surface area contributed by atoms with Crippen LogP contribution in [-0.4, -0.2) is 13.2 Å². The maximum atomic E-state index is 6.29. The number of hydrogen-bond acceptors (Lipinski definition) is 5. The van der Waals surface area contributed by atoms with Crippen molar-refractivity contribution in [3.05, 3.63) is 71.5 Å². The second-order valence-electron chi connectivity index (χ2n) is 7.71. The maximum absolute atomic E-state index is 6.29. The van der Waals surface area contributed by atoms with Crippen molar-refractivity contribution in [3.8, 4) is 11.5 Å². The molecule has 1 aromatic heterocycles. The molecule has 3 aromatic rings. The average molecular weight is 410 g/mol. The van der Waals surface area contributed by atoms with Gasteiger partial charge in [0, 0.05) is 31.0 Å². The van der Waals surface area contributed by atoms with Crippen molar-refractivity contribution in [2.75, 3.05) is 17.5 Å². The molecule has 0 saturated carbocycles. The third kappa shape index (κ3) is 4.91. The third-order valence-electron chi connectivity index (χ3n) is 4.72. The van der Waals surface area contributed by atoms with Gasteiger partial charge in [0.2, 0.25) is 0 Å². The summed E-state index contributed by atoms with van der Waals surface area (Å²) in [7, 11) is 0. The molecule has 1 aliphatic heterocycles. The maximum Gasteiger partial charge on any atom is 0.180 e. The lowest BCUT2D eigenvalue weighted by molar-refractivity contribution is 0.303. The lowest BCUT2D eigenvalue weighted by Crippen LogP contribution is -2.21. The smallest absolute Gasteiger partial charge is 0.180 e. The minimum absolute atomic E-state index is 0.491. The fourth-order valence-electron chi connectivity index (χ4n) is 3.33. The summed E-state index contributed by atoms with van der Waals surface area (Å²) in [5.41, 5.74) is 3.44. The number of furan rings is 1. The van der Waals surface area contributed by atoms with E-state index in [0.717, 1.165) is 53.2 Å². The van der Waals surface area contributed by atoms with E-state index in [1.165, 1.54) is 5.56 Å². The molecule has 2 aromatic carbocycles. The molecule has 4 rings (SSSR count). The largest absolute Gasteiger partial charge is 0.493 e. The SMILES string of the molecule is Cc1ccc(SN(CC(C)C)c2cc3c(cc2OCc2ccccc2)OCC3)o1. The highest BCUT2D eigenvalue weighted by Gasteiger charge is 2.23. The molecule has 5 heteroatoms. The molecule has 2 heterocycles. The van der Waals surface area contributed by atoms with E-state index in [0.29, 0.717) is 12.5 Å². The topological polar surface area (TPSA) is 34.8 Å². The van der Waals surface area contributed by atoms with Gasteiger partial charge in [-0.2, -0.15) is 0 Å². The predicted octanol–water partition coefficient (Wildman–Crippen LogP) is 6.27. The Morgan fingerprint density at radius 3 is 2.66 bits per heavy atom. The first-order chi connectivity index (χ1) is 14.1. The Hall–Kier alpha value is -2.53. The van der Waals surface area contributed by atoms with Gasteiger partial charge in [-0.25, -0.2) is 0 Å². The van der Waals surface area contributed by atoms with Crippen LogP contribution in [0, 0.1) is 12.8 Å². The first kappa shape index (κ1) is 19.8. The molecule has 0 N–H and O–H groups in total. The van der Waals surface area contributed by atoms with Crippen LogP contribution in [0.4, 0.5) is 5.69 Å². The number of benzene rings is 2. The van der Waals surface area contributed by atoms with E-state index in [2.05, 4.69) is 36.4 Å². The van der Waals surface area contributed by atoms with Crippen LogP contribution in [0.2, 0.25) is 0 Å². The van der Waals surface area contributed by atoms with Crippen LogP contribution in [0.15, 0.2) is 64.1 Å². The predicted molar refractivity (Wildman–Crippen MR) is 118 cm³/mol. The molecule has 0 amide bonds. The summed E-state index contributed by atoms with van der Waals surface area (Å²) in [5.74, 6) is 3.18. The summed E-state index contributed by atoms with van der Waals surface area (Å²) in [5, 5.41) is 0.883. The van der Waals surface area contributed by atoms with E-state index >= 15 is 0 Å². The fourth-order valence-corrected chi connectivity index (χ4v) is 4.45. The number of nitrogens with zero attached hydrogens (tertiary/aromatic N) is 1. The summed E-state index contributed by atoms with van der Waals surface area (Å²) >= 11 is 1.62. The Labute approximate surface area is 176 Å². The Balaban J connectivity index is 1.66. The van der Waals surface area contributed by atoms with Crippen molar-refractivity contribution in [3.63, 3.8) is 0 Å². The van der Waals surface area contributed by atoms with Crippen molar-refractivity contribution in [1.29, 1.82) is 0 Å². The quantitative estimate of drug-likeness (QED) is 0.410. The fraction of sp³-hybridized carbons (Fsp3) is 0.333. The van der Waals surface area contributed by atoms with Crippen LogP contribution in [0.3, 0.4) is 0 Å². The van der Waals surface area contributed by atoms with Crippen LogP contribution in [0.5, 0.6) is 11.5 Å². The Morgan fingerprint density at radius 1 is 1.10 bits per heavy atom. The van der Waals surface area contributed by atoms with Gasteiger partial charge in [0.15, 0.2) is 5.09 Å². The molecule has 0 aliphatic carbocycles. The Kier molecular flexibility index (Phi) is 6.05. The third-order valence-corrected chi connectivity index (χ3v) is 5.69. The minimum atomic E-state index is 0.491. The van der Waals surface area contributed by atoms with E-state index in [9.17, 15) is 0 Å². The molecule has 152 valence electrons. The molecule has 0 bridgehead atoms. The number of fused-ring (bicyclic) bond motifs is 1. The normalized spacial score (nSPS) is 12.7. The number of hydrogen-bond donors (Lipinski definition) is 0. The highest BCUT2D eigenvalue weighted by molar-refractivity contribution is 8.00. The molecule has 0 spiro atoms. The van der Waals surface area contributed by atoms with Crippen LogP contribution < -0.4 is 13.8 Å². The van der Waals surface area contributed by atoms with Crippen molar-refractivity contribution < 1.29 is 13.9 Å². The number of aryl methyl sites for hydroxylation is 1. The number of rotatable bonds is 8. The summed E-state index contributed by atoms with van der Waals surface area (Å²) in [6.07, 6.45) is 0.932. The second kappa shape index (κ2) is 8.87. The number of anilines is 1. The van der Waals surface area contributed by atoms with Gasteiger partial charge in [-0.05, 0) is 42.2 Å². The van der Waals surface area contributed by atoms with E-state index < -0.39 is 0 Å². The number of ether oxygens (including phenoxy) is 2. The van der Waals surface area contributed by atoms with E-state index in [-0.39, 0.29) is 0 Å². The molecule has 0 saturated heterocycles. The highest BCUT2D eigenvalue weighted by Crippen LogP contribution is 2.42. The molecule has 0 radical (unpaired) electrons. The lowest BCUT2D eigenvalue weighted by atomic mass is 10.1. The van der Waals surface area contributed by atoms with Crippen LogP contribution in [-0.2, 0) is 13.0 Å². The van der Waals surface area contributed by atoms with Gasteiger partial charge in [-0.15, -0.1) is 0 Å². The molecular formula is C24H27NO3S. The van der Waals surface area contributed by atoms with Gasteiger partial charge in [-0.3, -0.25) is 0 Å². The van der Waals surface area contributed by atoms with Gasteiger partial charge in [0.25, 0.3) is 0 Å². The van der Waals surface area contributed by atoms with Crippen LogP contribution >= 0.6 is 11.9 Å². The first-order valence-electron chi connectivity index (χ1n) is 10.1. The molecule has 1 aliphatic rings. The Bertz CT molecular complexity index is 952. The first-order valence-corrected chi connectivity index (χ1v) is 10.8. The molecular weight excluding hydrogens is 382 g/mol. The summed E-state index contributed by atoms with van der Waals surface area (Å²) in [6, 6.07) is 18.5. The van der Waals surface area contributed by atoms with Crippen LogP contribution in [0.1, 0.15) is 30.7 Å².